The quantitative estimate of drug-likeness (QED) is 0.554. The Bertz CT molecular complexity index is 1110. The number of carbonyl (C=O) groups is 1. The average molecular weight is 394 g/mol. The van der Waals surface area contributed by atoms with E-state index in [1.54, 1.807) is 25.4 Å². The molecule has 3 aromatic heterocycles. The number of aromatic nitrogens is 5. The van der Waals surface area contributed by atoms with Crippen LogP contribution in [0.2, 0.25) is 0 Å². The van der Waals surface area contributed by atoms with Gasteiger partial charge >= 0.3 is 6.09 Å². The van der Waals surface area contributed by atoms with Crippen LogP contribution in [0, 0.1) is 13.8 Å². The molecule has 1 aromatic carbocycles. The Hall–Kier alpha value is -3.66. The number of anilines is 1. The van der Waals surface area contributed by atoms with Crippen LogP contribution >= 0.6 is 11.5 Å². The summed E-state index contributed by atoms with van der Waals surface area (Å²) >= 11 is 0.998. The minimum Gasteiger partial charge on any atom is -0.395 e. The van der Waals surface area contributed by atoms with Crippen molar-refractivity contribution in [2.45, 2.75) is 13.8 Å². The van der Waals surface area contributed by atoms with Crippen LogP contribution in [0.4, 0.5) is 10.6 Å². The van der Waals surface area contributed by atoms with Gasteiger partial charge in [0.2, 0.25) is 5.06 Å². The zero-order chi connectivity index (χ0) is 19.5. The fraction of sp³-hybridized carbons (Fsp3) is 0.111. The van der Waals surface area contributed by atoms with Gasteiger partial charge in [0.25, 0.3) is 0 Å². The molecule has 0 aliphatic rings. The largest absolute Gasteiger partial charge is 0.419 e. The van der Waals surface area contributed by atoms with Crippen molar-refractivity contribution in [2.75, 3.05) is 5.32 Å². The Morgan fingerprint density at radius 1 is 1.18 bits per heavy atom. The monoisotopic (exact) mass is 394 g/mol. The maximum atomic E-state index is 12.0. The number of carbonyl (C=O) groups excluding carboxylic acids is 1. The van der Waals surface area contributed by atoms with Crippen LogP contribution in [0.25, 0.3) is 22.6 Å². The Morgan fingerprint density at radius 2 is 2.07 bits per heavy atom. The number of hydrogen-bond donors (Lipinski definition) is 1. The van der Waals surface area contributed by atoms with Crippen LogP contribution in [0.1, 0.15) is 11.3 Å². The van der Waals surface area contributed by atoms with Crippen molar-refractivity contribution in [2.24, 2.45) is 0 Å². The average Bonchev–Trinajstić information content (AvgIpc) is 3.36. The summed E-state index contributed by atoms with van der Waals surface area (Å²) in [5.74, 6) is 0.941. The van der Waals surface area contributed by atoms with E-state index in [0.717, 1.165) is 28.2 Å². The van der Waals surface area contributed by atoms with E-state index in [0.29, 0.717) is 22.2 Å². The third-order valence-corrected chi connectivity index (χ3v) is 4.62. The SMILES string of the molecule is Cc1ccc(-c2ccno2)cc1-c1cnc(NC(=O)Oc2snnc2C)cn1. The molecule has 0 bridgehead atoms. The van der Waals surface area contributed by atoms with Crippen LogP contribution in [0.5, 0.6) is 5.06 Å². The molecule has 0 saturated carbocycles. The molecule has 140 valence electrons. The molecule has 0 unspecified atom stereocenters. The van der Waals surface area contributed by atoms with Crippen molar-refractivity contribution in [1.82, 2.24) is 24.7 Å². The van der Waals surface area contributed by atoms with Gasteiger partial charge in [-0.25, -0.2) is 9.78 Å². The topological polar surface area (TPSA) is 116 Å². The predicted molar refractivity (Wildman–Crippen MR) is 102 cm³/mol. The van der Waals surface area contributed by atoms with Crippen molar-refractivity contribution >= 4 is 23.4 Å². The van der Waals surface area contributed by atoms with Crippen molar-refractivity contribution in [1.29, 1.82) is 0 Å². The molecule has 0 aliphatic carbocycles. The van der Waals surface area contributed by atoms with Crippen molar-refractivity contribution in [3.8, 4) is 27.6 Å². The van der Waals surface area contributed by atoms with Crippen LogP contribution in [0.15, 0.2) is 47.4 Å². The smallest absolute Gasteiger partial charge is 0.395 e. The van der Waals surface area contributed by atoms with Crippen molar-refractivity contribution in [3.05, 3.63) is 54.1 Å². The fourth-order valence-corrected chi connectivity index (χ4v) is 3.00. The highest BCUT2D eigenvalue weighted by atomic mass is 32.1. The van der Waals surface area contributed by atoms with Crippen LogP contribution in [-0.2, 0) is 0 Å². The van der Waals surface area contributed by atoms with Crippen LogP contribution < -0.4 is 10.1 Å². The second-order valence-electron chi connectivity index (χ2n) is 5.85. The van der Waals surface area contributed by atoms with E-state index in [9.17, 15) is 4.79 Å². The van der Waals surface area contributed by atoms with E-state index in [4.69, 9.17) is 9.26 Å². The van der Waals surface area contributed by atoms with Crippen molar-refractivity contribution in [3.63, 3.8) is 0 Å². The van der Waals surface area contributed by atoms with E-state index in [1.165, 1.54) is 6.20 Å². The lowest BCUT2D eigenvalue weighted by Gasteiger charge is -2.08. The van der Waals surface area contributed by atoms with Gasteiger partial charge in [-0.05, 0) is 25.5 Å². The molecule has 4 aromatic rings. The Labute approximate surface area is 163 Å². The standard InChI is InChI=1S/C18H14N6O3S/c1-10-3-4-12(15-5-6-21-27-15)7-13(10)14-8-20-16(9-19-14)22-18(25)26-17-11(2)23-24-28-17/h3-9H,1-2H3,(H,20,22,25). The normalized spacial score (nSPS) is 10.6. The summed E-state index contributed by atoms with van der Waals surface area (Å²) in [5.41, 5.74) is 4.04. The molecule has 0 radical (unpaired) electrons. The molecule has 4 rings (SSSR count). The lowest BCUT2D eigenvalue weighted by Crippen LogP contribution is -2.17. The first-order valence-electron chi connectivity index (χ1n) is 8.22. The minimum absolute atomic E-state index is 0.271. The van der Waals surface area contributed by atoms with Crippen LogP contribution in [-0.4, -0.2) is 30.8 Å². The zero-order valence-electron chi connectivity index (χ0n) is 14.9. The highest BCUT2D eigenvalue weighted by Gasteiger charge is 2.13. The maximum Gasteiger partial charge on any atom is 0.419 e. The fourth-order valence-electron chi connectivity index (χ4n) is 2.48. The molecule has 1 amide bonds. The van der Waals surface area contributed by atoms with E-state index >= 15 is 0 Å². The van der Waals surface area contributed by atoms with E-state index < -0.39 is 6.09 Å². The number of ether oxygens (including phenoxy) is 1. The summed E-state index contributed by atoms with van der Waals surface area (Å²) in [6.07, 6.45) is 3.97. The highest BCUT2D eigenvalue weighted by Crippen LogP contribution is 2.28. The van der Waals surface area contributed by atoms with Gasteiger partial charge in [0.15, 0.2) is 11.6 Å². The number of hydrogen-bond acceptors (Lipinski definition) is 9. The van der Waals surface area contributed by atoms with Crippen molar-refractivity contribution < 1.29 is 14.1 Å². The van der Waals surface area contributed by atoms with E-state index in [-0.39, 0.29) is 5.82 Å². The zero-order valence-corrected chi connectivity index (χ0v) is 15.7. The summed E-state index contributed by atoms with van der Waals surface area (Å²) in [7, 11) is 0. The molecular weight excluding hydrogens is 380 g/mol. The molecular formula is C18H14N6O3S. The number of benzene rings is 1. The van der Waals surface area contributed by atoms with E-state index in [1.807, 2.05) is 25.1 Å². The van der Waals surface area contributed by atoms with E-state index in [2.05, 4.69) is 30.0 Å². The second-order valence-corrected chi connectivity index (χ2v) is 6.57. The van der Waals surface area contributed by atoms with Gasteiger partial charge in [-0.3, -0.25) is 10.3 Å². The third-order valence-electron chi connectivity index (χ3n) is 3.91. The molecule has 0 saturated heterocycles. The summed E-state index contributed by atoms with van der Waals surface area (Å²) in [4.78, 5) is 20.6. The lowest BCUT2D eigenvalue weighted by molar-refractivity contribution is 0.216. The number of amides is 1. The van der Waals surface area contributed by atoms with Gasteiger partial charge in [-0.1, -0.05) is 21.8 Å². The Kier molecular flexibility index (Phi) is 4.77. The number of nitrogens with one attached hydrogen (secondary N) is 1. The van der Waals surface area contributed by atoms with Gasteiger partial charge in [-0.2, -0.15) is 0 Å². The Balaban J connectivity index is 1.51. The summed E-state index contributed by atoms with van der Waals surface area (Å²) < 4.78 is 14.1. The first-order valence-corrected chi connectivity index (χ1v) is 8.99. The Morgan fingerprint density at radius 3 is 2.75 bits per heavy atom. The molecule has 3 heterocycles. The third kappa shape index (κ3) is 3.71. The molecule has 1 N–H and O–H groups in total. The molecule has 10 heteroatoms. The number of aryl methyl sites for hydroxylation is 2. The first kappa shape index (κ1) is 17.7. The number of rotatable bonds is 4. The second kappa shape index (κ2) is 7.53. The van der Waals surface area contributed by atoms with Crippen LogP contribution in [0.3, 0.4) is 0 Å². The predicted octanol–water partition coefficient (Wildman–Crippen LogP) is 3.88. The van der Waals surface area contributed by atoms with Gasteiger partial charge in [0, 0.05) is 28.7 Å². The minimum atomic E-state index is -0.681. The van der Waals surface area contributed by atoms with Gasteiger partial charge in [-0.15, -0.1) is 5.10 Å². The summed E-state index contributed by atoms with van der Waals surface area (Å²) in [6.45, 7) is 3.69. The first-order chi connectivity index (χ1) is 13.6. The molecule has 0 atom stereocenters. The van der Waals surface area contributed by atoms with Gasteiger partial charge in [0.05, 0.1) is 24.3 Å². The molecule has 0 fully saturated rings. The van der Waals surface area contributed by atoms with Gasteiger partial charge in [0.1, 0.15) is 5.69 Å². The molecule has 9 nitrogen and oxygen atoms in total. The molecule has 28 heavy (non-hydrogen) atoms. The molecule has 0 aliphatic heterocycles. The number of nitrogens with zero attached hydrogens (tertiary/aromatic N) is 5. The maximum absolute atomic E-state index is 12.0. The lowest BCUT2D eigenvalue weighted by atomic mass is 10.0. The summed E-state index contributed by atoms with van der Waals surface area (Å²) in [5, 5.41) is 10.4. The molecule has 0 spiro atoms. The summed E-state index contributed by atoms with van der Waals surface area (Å²) in [6, 6.07) is 7.68. The highest BCUT2D eigenvalue weighted by molar-refractivity contribution is 7.07. The van der Waals surface area contributed by atoms with Gasteiger partial charge < -0.3 is 9.26 Å².